The van der Waals surface area contributed by atoms with Crippen LogP contribution in [-0.2, 0) is 11.3 Å². The molecule has 3 rings (SSSR count). The van der Waals surface area contributed by atoms with Crippen molar-refractivity contribution >= 4 is 40.2 Å². The number of thioether (sulfide) groups is 1. The van der Waals surface area contributed by atoms with Crippen LogP contribution in [0.3, 0.4) is 0 Å². The molecule has 0 aliphatic carbocycles. The summed E-state index contributed by atoms with van der Waals surface area (Å²) in [5.41, 5.74) is 1.97. The van der Waals surface area contributed by atoms with Crippen molar-refractivity contribution < 1.29 is 4.79 Å². The van der Waals surface area contributed by atoms with E-state index in [-0.39, 0.29) is 5.91 Å². The number of benzene rings is 2. The molecule has 5 heteroatoms. The maximum absolute atomic E-state index is 12.3. The first kappa shape index (κ1) is 16.8. The molecule has 0 spiro atoms. The fourth-order valence-corrected chi connectivity index (χ4v) is 3.40. The van der Waals surface area contributed by atoms with E-state index in [0.29, 0.717) is 17.3 Å². The predicted octanol–water partition coefficient (Wildman–Crippen LogP) is 4.64. The lowest BCUT2D eigenvalue weighted by Gasteiger charge is -2.17. The fraction of sp³-hybridized carbons (Fsp3) is 0.158. The lowest BCUT2D eigenvalue weighted by molar-refractivity contribution is -0.127. The number of fused-ring (bicyclic) bond motifs is 1. The summed E-state index contributed by atoms with van der Waals surface area (Å²) in [6, 6.07) is 19.5. The Bertz CT molecular complexity index is 869. The number of hydrogen-bond acceptors (Lipinski definition) is 3. The molecule has 0 N–H and O–H groups in total. The Hall–Kier alpha value is -2.04. The van der Waals surface area contributed by atoms with Gasteiger partial charge in [-0.05, 0) is 29.8 Å². The molecule has 0 aliphatic heterocycles. The fourth-order valence-electron chi connectivity index (χ4n) is 2.37. The number of para-hydroxylation sites is 1. The van der Waals surface area contributed by atoms with Gasteiger partial charge in [0.15, 0.2) is 0 Å². The molecule has 0 atom stereocenters. The first-order valence-electron chi connectivity index (χ1n) is 7.59. The summed E-state index contributed by atoms with van der Waals surface area (Å²) in [5.74, 6) is 0.428. The minimum Gasteiger partial charge on any atom is -0.341 e. The van der Waals surface area contributed by atoms with Gasteiger partial charge < -0.3 is 4.90 Å². The summed E-state index contributed by atoms with van der Waals surface area (Å²) in [7, 11) is 1.80. The third-order valence-corrected chi connectivity index (χ3v) is 4.80. The molecule has 2 aromatic carbocycles. The monoisotopic (exact) mass is 356 g/mol. The van der Waals surface area contributed by atoms with E-state index in [9.17, 15) is 4.79 Å². The van der Waals surface area contributed by atoms with Gasteiger partial charge in [0.1, 0.15) is 0 Å². The van der Waals surface area contributed by atoms with Gasteiger partial charge >= 0.3 is 0 Å². The molecule has 1 heterocycles. The molecule has 122 valence electrons. The van der Waals surface area contributed by atoms with Crippen LogP contribution >= 0.6 is 23.4 Å². The summed E-state index contributed by atoms with van der Waals surface area (Å²) in [6.45, 7) is 0.547. The number of rotatable bonds is 5. The third-order valence-electron chi connectivity index (χ3n) is 3.65. The van der Waals surface area contributed by atoms with E-state index >= 15 is 0 Å². The minimum atomic E-state index is 0.0648. The maximum Gasteiger partial charge on any atom is 0.233 e. The summed E-state index contributed by atoms with van der Waals surface area (Å²) < 4.78 is 0. The Morgan fingerprint density at radius 3 is 2.79 bits per heavy atom. The third kappa shape index (κ3) is 4.28. The van der Waals surface area contributed by atoms with Crippen LogP contribution < -0.4 is 0 Å². The molecule has 3 nitrogen and oxygen atoms in total. The molecule has 0 aliphatic rings. The summed E-state index contributed by atoms with van der Waals surface area (Å²) >= 11 is 7.44. The highest BCUT2D eigenvalue weighted by molar-refractivity contribution is 7.99. The average Bonchev–Trinajstić information content (AvgIpc) is 2.59. The molecular weight excluding hydrogens is 340 g/mol. The predicted molar refractivity (Wildman–Crippen MR) is 100 cm³/mol. The molecule has 0 fully saturated rings. The van der Waals surface area contributed by atoms with E-state index in [1.54, 1.807) is 11.9 Å². The average molecular weight is 357 g/mol. The molecule has 0 unspecified atom stereocenters. The summed E-state index contributed by atoms with van der Waals surface area (Å²) in [4.78, 5) is 18.6. The maximum atomic E-state index is 12.3. The van der Waals surface area contributed by atoms with Crippen LogP contribution in [0.15, 0.2) is 65.7 Å². The smallest absolute Gasteiger partial charge is 0.233 e. The van der Waals surface area contributed by atoms with Crippen molar-refractivity contribution in [2.24, 2.45) is 0 Å². The lowest BCUT2D eigenvalue weighted by atomic mass is 10.2. The highest BCUT2D eigenvalue weighted by Crippen LogP contribution is 2.20. The molecular formula is C19H17ClN2OS. The highest BCUT2D eigenvalue weighted by Gasteiger charge is 2.11. The van der Waals surface area contributed by atoms with Crippen molar-refractivity contribution in [2.75, 3.05) is 12.8 Å². The Morgan fingerprint density at radius 1 is 1.12 bits per heavy atom. The van der Waals surface area contributed by atoms with Crippen LogP contribution in [0, 0.1) is 0 Å². The zero-order valence-electron chi connectivity index (χ0n) is 13.3. The van der Waals surface area contributed by atoms with E-state index in [1.165, 1.54) is 11.8 Å². The van der Waals surface area contributed by atoms with Crippen LogP contribution in [-0.4, -0.2) is 28.6 Å². The van der Waals surface area contributed by atoms with Crippen LogP contribution in [0.4, 0.5) is 0 Å². The normalized spacial score (nSPS) is 10.8. The van der Waals surface area contributed by atoms with Gasteiger partial charge in [-0.15, -0.1) is 0 Å². The van der Waals surface area contributed by atoms with Gasteiger partial charge in [-0.3, -0.25) is 4.79 Å². The van der Waals surface area contributed by atoms with Gasteiger partial charge in [0.05, 0.1) is 16.3 Å². The molecule has 0 saturated carbocycles. The van der Waals surface area contributed by atoms with Gasteiger partial charge in [-0.2, -0.15) is 0 Å². The van der Waals surface area contributed by atoms with Gasteiger partial charge in [-0.1, -0.05) is 59.8 Å². The van der Waals surface area contributed by atoms with E-state index in [0.717, 1.165) is 21.5 Å². The highest BCUT2D eigenvalue weighted by atomic mass is 35.5. The lowest BCUT2D eigenvalue weighted by Crippen LogP contribution is -2.27. The molecule has 0 saturated heterocycles. The standard InChI is InChI=1S/C19H17ClN2OS/c1-22(12-14-5-4-7-16(20)11-14)19(23)13-24-18-10-9-15-6-2-3-8-17(15)21-18/h2-11H,12-13H2,1H3. The molecule has 0 bridgehead atoms. The number of pyridine rings is 1. The van der Waals surface area contributed by atoms with E-state index in [4.69, 9.17) is 11.6 Å². The summed E-state index contributed by atoms with van der Waals surface area (Å²) in [6.07, 6.45) is 0. The Kier molecular flexibility index (Phi) is 5.38. The topological polar surface area (TPSA) is 33.2 Å². The molecule has 1 amide bonds. The number of amides is 1. The van der Waals surface area contributed by atoms with Crippen LogP contribution in [0.25, 0.3) is 10.9 Å². The SMILES string of the molecule is CN(Cc1cccc(Cl)c1)C(=O)CSc1ccc2ccccc2n1. The van der Waals surface area contributed by atoms with E-state index in [1.807, 2.05) is 60.7 Å². The Labute approximate surface area is 150 Å². The Balaban J connectivity index is 1.59. The largest absolute Gasteiger partial charge is 0.341 e. The van der Waals surface area contributed by atoms with Gasteiger partial charge in [0.2, 0.25) is 5.91 Å². The van der Waals surface area contributed by atoms with Gasteiger partial charge in [0, 0.05) is 24.0 Å². The zero-order chi connectivity index (χ0) is 16.9. The second-order valence-corrected chi connectivity index (χ2v) is 6.94. The van der Waals surface area contributed by atoms with Crippen molar-refractivity contribution in [3.05, 3.63) is 71.2 Å². The number of carbonyl (C=O) groups is 1. The van der Waals surface area contributed by atoms with Gasteiger partial charge in [0.25, 0.3) is 0 Å². The first-order chi connectivity index (χ1) is 11.6. The quantitative estimate of drug-likeness (QED) is 0.624. The Morgan fingerprint density at radius 2 is 1.96 bits per heavy atom. The first-order valence-corrected chi connectivity index (χ1v) is 8.95. The zero-order valence-corrected chi connectivity index (χ0v) is 14.8. The van der Waals surface area contributed by atoms with Crippen molar-refractivity contribution in [1.82, 2.24) is 9.88 Å². The second-order valence-electron chi connectivity index (χ2n) is 5.51. The number of carbonyl (C=O) groups excluding carboxylic acids is 1. The van der Waals surface area contributed by atoms with Crippen molar-refractivity contribution in [3.8, 4) is 0 Å². The van der Waals surface area contributed by atoms with Gasteiger partial charge in [-0.25, -0.2) is 4.98 Å². The van der Waals surface area contributed by atoms with E-state index < -0.39 is 0 Å². The van der Waals surface area contributed by atoms with Crippen molar-refractivity contribution in [2.45, 2.75) is 11.6 Å². The van der Waals surface area contributed by atoms with Crippen molar-refractivity contribution in [3.63, 3.8) is 0 Å². The van der Waals surface area contributed by atoms with E-state index in [2.05, 4.69) is 4.98 Å². The number of nitrogens with zero attached hydrogens (tertiary/aromatic N) is 2. The number of aromatic nitrogens is 1. The minimum absolute atomic E-state index is 0.0648. The molecule has 1 aromatic heterocycles. The van der Waals surface area contributed by atoms with Crippen molar-refractivity contribution in [1.29, 1.82) is 0 Å². The molecule has 3 aromatic rings. The second kappa shape index (κ2) is 7.69. The number of halogens is 1. The van der Waals surface area contributed by atoms with Crippen LogP contribution in [0.2, 0.25) is 5.02 Å². The summed E-state index contributed by atoms with van der Waals surface area (Å²) in [5, 5.41) is 2.65. The van der Waals surface area contributed by atoms with Crippen LogP contribution in [0.1, 0.15) is 5.56 Å². The molecule has 24 heavy (non-hydrogen) atoms. The molecule has 0 radical (unpaired) electrons. The number of hydrogen-bond donors (Lipinski definition) is 0. The van der Waals surface area contributed by atoms with Crippen LogP contribution in [0.5, 0.6) is 0 Å².